The molecule has 0 rings (SSSR count). The molecule has 4 N–H and O–H groups in total. The molecule has 2 atom stereocenters. The van der Waals surface area contributed by atoms with E-state index >= 15 is 0 Å². The topological polar surface area (TPSA) is 80.9 Å². The molecule has 0 unspecified atom stereocenters. The molecule has 0 saturated carbocycles. The summed E-state index contributed by atoms with van der Waals surface area (Å²) in [6, 6.07) is 0. The third kappa shape index (κ3) is 1.86. The minimum absolute atomic E-state index is 1.28. The van der Waals surface area contributed by atoms with Gasteiger partial charge in [-0.2, -0.15) is 13.2 Å². The van der Waals surface area contributed by atoms with Crippen molar-refractivity contribution < 1.29 is 33.6 Å². The Labute approximate surface area is 65.9 Å². The predicted octanol–water partition coefficient (Wildman–Crippen LogP) is -1.37. The van der Waals surface area contributed by atoms with Gasteiger partial charge in [0.15, 0.2) is 0 Å². The highest BCUT2D eigenvalue weighted by Crippen LogP contribution is 2.32. The van der Waals surface area contributed by atoms with Crippen LogP contribution in [0.5, 0.6) is 0 Å². The highest BCUT2D eigenvalue weighted by Gasteiger charge is 2.58. The van der Waals surface area contributed by atoms with E-state index < -0.39 is 31.1 Å². The molecular weight excluding hydrogens is 181 g/mol. The minimum atomic E-state index is -5.18. The molecule has 4 nitrogen and oxygen atoms in total. The van der Waals surface area contributed by atoms with Crippen molar-refractivity contribution in [2.45, 2.75) is 17.9 Å². The van der Waals surface area contributed by atoms with Crippen molar-refractivity contribution in [3.05, 3.63) is 0 Å². The van der Waals surface area contributed by atoms with Gasteiger partial charge >= 0.3 is 6.18 Å². The van der Waals surface area contributed by atoms with E-state index in [0.717, 1.165) is 0 Å². The second kappa shape index (κ2) is 3.56. The molecule has 0 aliphatic carbocycles. The Kier molecular flexibility index (Phi) is 3.45. The first-order chi connectivity index (χ1) is 5.29. The molecule has 0 aromatic carbocycles. The zero-order valence-corrected chi connectivity index (χ0v) is 5.91. The molecule has 0 aliphatic rings. The maximum atomic E-state index is 11.9. The lowest BCUT2D eigenvalue weighted by molar-refractivity contribution is -0.303. The van der Waals surface area contributed by atoms with Crippen molar-refractivity contribution in [3.63, 3.8) is 0 Å². The summed E-state index contributed by atoms with van der Waals surface area (Å²) in [6.45, 7) is -2.98. The third-order valence-corrected chi connectivity index (χ3v) is 1.46. The standard InChI is InChI=1S/C5H9F3O4/c6-5(7,8)4(12,2-10)3(11)1-9/h3,9-12H,1-2H2/t3-,4+/m1/s1. The molecular formula is C5H9F3O4. The van der Waals surface area contributed by atoms with Gasteiger partial charge in [0.2, 0.25) is 5.60 Å². The molecule has 0 aromatic heterocycles. The molecule has 7 heteroatoms. The lowest BCUT2D eigenvalue weighted by Crippen LogP contribution is -2.58. The Morgan fingerprint density at radius 2 is 1.58 bits per heavy atom. The van der Waals surface area contributed by atoms with Crippen LogP contribution in [0.1, 0.15) is 0 Å². The lowest BCUT2D eigenvalue weighted by Gasteiger charge is -2.31. The molecule has 0 spiro atoms. The predicted molar refractivity (Wildman–Crippen MR) is 31.2 cm³/mol. The van der Waals surface area contributed by atoms with Gasteiger partial charge < -0.3 is 20.4 Å². The maximum Gasteiger partial charge on any atom is 0.422 e. The van der Waals surface area contributed by atoms with E-state index in [4.69, 9.17) is 20.4 Å². The van der Waals surface area contributed by atoms with Crippen LogP contribution in [0.15, 0.2) is 0 Å². The summed E-state index contributed by atoms with van der Waals surface area (Å²) in [6.07, 6.45) is -7.62. The number of halogens is 3. The second-order valence-corrected chi connectivity index (χ2v) is 2.28. The van der Waals surface area contributed by atoms with Crippen molar-refractivity contribution in [2.24, 2.45) is 0 Å². The fourth-order valence-corrected chi connectivity index (χ4v) is 0.535. The van der Waals surface area contributed by atoms with Crippen LogP contribution < -0.4 is 0 Å². The van der Waals surface area contributed by atoms with E-state index in [1.807, 2.05) is 0 Å². The van der Waals surface area contributed by atoms with E-state index in [0.29, 0.717) is 0 Å². The molecule has 0 saturated heterocycles. The summed E-state index contributed by atoms with van der Waals surface area (Å²) >= 11 is 0. The summed E-state index contributed by atoms with van der Waals surface area (Å²) in [5.74, 6) is 0. The van der Waals surface area contributed by atoms with Crippen LogP contribution in [0.4, 0.5) is 13.2 Å². The van der Waals surface area contributed by atoms with Crippen LogP contribution >= 0.6 is 0 Å². The zero-order valence-electron chi connectivity index (χ0n) is 5.91. The zero-order chi connectivity index (χ0) is 9.99. The first-order valence-electron chi connectivity index (χ1n) is 2.98. The number of aliphatic hydroxyl groups is 4. The SMILES string of the molecule is OC[C@@H](O)[C@@](O)(CO)C(F)(F)F. The first kappa shape index (κ1) is 11.6. The quantitative estimate of drug-likeness (QED) is 0.442. The van der Waals surface area contributed by atoms with Gasteiger partial charge in [0.05, 0.1) is 13.2 Å². The van der Waals surface area contributed by atoms with Crippen molar-refractivity contribution in [2.75, 3.05) is 13.2 Å². The number of hydrogen-bond acceptors (Lipinski definition) is 4. The molecule has 0 fully saturated rings. The van der Waals surface area contributed by atoms with Crippen molar-refractivity contribution in [1.29, 1.82) is 0 Å². The summed E-state index contributed by atoms with van der Waals surface area (Å²) in [7, 11) is 0. The van der Waals surface area contributed by atoms with Gasteiger partial charge in [0.25, 0.3) is 0 Å². The van der Waals surface area contributed by atoms with Gasteiger partial charge in [-0.3, -0.25) is 0 Å². The second-order valence-electron chi connectivity index (χ2n) is 2.28. The van der Waals surface area contributed by atoms with Gasteiger partial charge in [-0.15, -0.1) is 0 Å². The summed E-state index contributed by atoms with van der Waals surface area (Å²) in [5.41, 5.74) is -3.65. The smallest absolute Gasteiger partial charge is 0.394 e. The monoisotopic (exact) mass is 190 g/mol. The van der Waals surface area contributed by atoms with Crippen LogP contribution in [0.3, 0.4) is 0 Å². The van der Waals surface area contributed by atoms with E-state index in [-0.39, 0.29) is 0 Å². The minimum Gasteiger partial charge on any atom is -0.394 e. The van der Waals surface area contributed by atoms with E-state index in [1.165, 1.54) is 0 Å². The van der Waals surface area contributed by atoms with Crippen molar-refractivity contribution in [1.82, 2.24) is 0 Å². The largest absolute Gasteiger partial charge is 0.422 e. The molecule has 74 valence electrons. The average molecular weight is 190 g/mol. The van der Waals surface area contributed by atoms with Gasteiger partial charge in [-0.25, -0.2) is 0 Å². The molecule has 0 radical (unpaired) electrons. The first-order valence-corrected chi connectivity index (χ1v) is 2.98. The molecule has 0 aromatic rings. The number of alkyl halides is 3. The maximum absolute atomic E-state index is 11.9. The van der Waals surface area contributed by atoms with E-state index in [9.17, 15) is 13.2 Å². The van der Waals surface area contributed by atoms with Crippen LogP contribution in [0, 0.1) is 0 Å². The van der Waals surface area contributed by atoms with E-state index in [1.54, 1.807) is 0 Å². The van der Waals surface area contributed by atoms with Crippen LogP contribution in [0.2, 0.25) is 0 Å². The number of hydrogen-bond donors (Lipinski definition) is 4. The van der Waals surface area contributed by atoms with Crippen molar-refractivity contribution >= 4 is 0 Å². The molecule has 12 heavy (non-hydrogen) atoms. The summed E-state index contributed by atoms with van der Waals surface area (Å²) < 4.78 is 35.6. The van der Waals surface area contributed by atoms with E-state index in [2.05, 4.69) is 0 Å². The van der Waals surface area contributed by atoms with Crippen LogP contribution in [0.25, 0.3) is 0 Å². The Morgan fingerprint density at radius 3 is 1.67 bits per heavy atom. The molecule has 0 amide bonds. The Balaban J connectivity index is 4.67. The fraction of sp³-hybridized carbons (Fsp3) is 1.00. The molecule has 0 heterocycles. The summed E-state index contributed by atoms with van der Waals surface area (Å²) in [4.78, 5) is 0. The lowest BCUT2D eigenvalue weighted by atomic mass is 9.98. The van der Waals surface area contributed by atoms with Gasteiger partial charge in [-0.1, -0.05) is 0 Å². The highest BCUT2D eigenvalue weighted by atomic mass is 19.4. The van der Waals surface area contributed by atoms with Gasteiger partial charge in [0.1, 0.15) is 6.10 Å². The molecule has 0 bridgehead atoms. The highest BCUT2D eigenvalue weighted by molar-refractivity contribution is 4.92. The number of aliphatic hydroxyl groups excluding tert-OH is 3. The van der Waals surface area contributed by atoms with Gasteiger partial charge in [0, 0.05) is 0 Å². The average Bonchev–Trinajstić information content (AvgIpc) is 1.99. The van der Waals surface area contributed by atoms with Crippen molar-refractivity contribution in [3.8, 4) is 0 Å². The Bertz CT molecular complexity index is 148. The Morgan fingerprint density at radius 1 is 1.17 bits per heavy atom. The molecule has 0 aliphatic heterocycles. The van der Waals surface area contributed by atoms with Gasteiger partial charge in [-0.05, 0) is 0 Å². The Hall–Kier alpha value is -0.370. The van der Waals surface area contributed by atoms with Crippen LogP contribution in [-0.4, -0.2) is 51.5 Å². The van der Waals surface area contributed by atoms with Crippen LogP contribution in [-0.2, 0) is 0 Å². The normalized spacial score (nSPS) is 20.2. The summed E-state index contributed by atoms with van der Waals surface area (Å²) in [5, 5.41) is 33.5. The third-order valence-electron chi connectivity index (χ3n) is 1.46. The number of rotatable bonds is 3. The fourth-order valence-electron chi connectivity index (χ4n) is 0.535.